The first-order valence-corrected chi connectivity index (χ1v) is 5.42. The predicted octanol–water partition coefficient (Wildman–Crippen LogP) is 1.35. The molecule has 1 aromatic heterocycles. The molecule has 1 fully saturated rings. The van der Waals surface area contributed by atoms with Crippen molar-refractivity contribution < 1.29 is 14.3 Å². The second-order valence-corrected chi connectivity index (χ2v) is 4.17. The molecular weight excluding hydrogens is 194 g/mol. The summed E-state index contributed by atoms with van der Waals surface area (Å²) >= 11 is 0. The van der Waals surface area contributed by atoms with Gasteiger partial charge in [0, 0.05) is 25.6 Å². The van der Waals surface area contributed by atoms with Gasteiger partial charge in [-0.25, -0.2) is 4.98 Å². The predicted molar refractivity (Wildman–Crippen MR) is 54.6 cm³/mol. The van der Waals surface area contributed by atoms with Gasteiger partial charge in [-0.05, 0) is 12.3 Å². The molecule has 1 N–H and O–H groups in total. The first-order chi connectivity index (χ1) is 7.29. The molecule has 0 amide bonds. The summed E-state index contributed by atoms with van der Waals surface area (Å²) in [5.41, 5.74) is 0. The van der Waals surface area contributed by atoms with Crippen LogP contribution in [0.1, 0.15) is 30.9 Å². The minimum atomic E-state index is 0.0334. The first kappa shape index (κ1) is 10.6. The van der Waals surface area contributed by atoms with Gasteiger partial charge in [0.05, 0.1) is 12.8 Å². The van der Waals surface area contributed by atoms with Crippen LogP contribution >= 0.6 is 0 Å². The number of aliphatic hydroxyl groups is 1. The maximum absolute atomic E-state index is 8.97. The van der Waals surface area contributed by atoms with Crippen molar-refractivity contribution in [2.75, 3.05) is 19.8 Å². The van der Waals surface area contributed by atoms with Crippen molar-refractivity contribution >= 4 is 0 Å². The van der Waals surface area contributed by atoms with Crippen molar-refractivity contribution in [2.45, 2.75) is 25.7 Å². The molecule has 0 aromatic carbocycles. The Kier molecular flexibility index (Phi) is 3.38. The normalized spacial score (nSPS) is 23.2. The van der Waals surface area contributed by atoms with Crippen LogP contribution in [0.4, 0.5) is 0 Å². The van der Waals surface area contributed by atoms with E-state index in [0.29, 0.717) is 5.92 Å². The number of hydrogen-bond donors (Lipinski definition) is 1. The highest BCUT2D eigenvalue weighted by molar-refractivity contribution is 5.01. The Balaban J connectivity index is 1.94. The summed E-state index contributed by atoms with van der Waals surface area (Å²) in [4.78, 5) is 4.22. The molecule has 0 bridgehead atoms. The highest BCUT2D eigenvalue weighted by atomic mass is 16.5. The zero-order valence-corrected chi connectivity index (χ0v) is 8.98. The van der Waals surface area contributed by atoms with E-state index in [1.807, 2.05) is 6.92 Å². The van der Waals surface area contributed by atoms with E-state index in [4.69, 9.17) is 14.3 Å². The van der Waals surface area contributed by atoms with Crippen LogP contribution in [0.25, 0.3) is 0 Å². The lowest BCUT2D eigenvalue weighted by Gasteiger charge is -2.04. The first-order valence-electron chi connectivity index (χ1n) is 5.42. The van der Waals surface area contributed by atoms with Gasteiger partial charge in [-0.15, -0.1) is 0 Å². The molecule has 1 aliphatic heterocycles. The van der Waals surface area contributed by atoms with Crippen molar-refractivity contribution in [2.24, 2.45) is 5.92 Å². The van der Waals surface area contributed by atoms with Crippen molar-refractivity contribution in [1.82, 2.24) is 4.98 Å². The molecule has 0 aliphatic carbocycles. The van der Waals surface area contributed by atoms with Crippen molar-refractivity contribution in [1.29, 1.82) is 0 Å². The number of hydrogen-bond acceptors (Lipinski definition) is 4. The van der Waals surface area contributed by atoms with Crippen molar-refractivity contribution in [3.63, 3.8) is 0 Å². The van der Waals surface area contributed by atoms with Gasteiger partial charge < -0.3 is 14.3 Å². The standard InChI is InChI=1S/C11H17NO3/c1-8(6-13)10-5-12-11(15-10)4-9-2-3-14-7-9/h5,8-9,13H,2-4,6-7H2,1H3. The Hall–Kier alpha value is -0.870. The zero-order valence-electron chi connectivity index (χ0n) is 8.98. The molecule has 4 heteroatoms. The van der Waals surface area contributed by atoms with Crippen LogP contribution in [0.5, 0.6) is 0 Å². The molecule has 2 heterocycles. The lowest BCUT2D eigenvalue weighted by atomic mass is 10.1. The molecule has 2 unspecified atom stereocenters. The van der Waals surface area contributed by atoms with Gasteiger partial charge in [-0.3, -0.25) is 0 Å². The summed E-state index contributed by atoms with van der Waals surface area (Å²) < 4.78 is 10.9. The highest BCUT2D eigenvalue weighted by Gasteiger charge is 2.19. The maximum atomic E-state index is 8.97. The molecule has 84 valence electrons. The summed E-state index contributed by atoms with van der Waals surface area (Å²) in [6.07, 6.45) is 3.65. The summed E-state index contributed by atoms with van der Waals surface area (Å²) in [5, 5.41) is 8.97. The second kappa shape index (κ2) is 4.77. The van der Waals surface area contributed by atoms with Gasteiger partial charge in [-0.1, -0.05) is 6.92 Å². The van der Waals surface area contributed by atoms with E-state index in [1.54, 1.807) is 6.20 Å². The fraction of sp³-hybridized carbons (Fsp3) is 0.727. The molecule has 4 nitrogen and oxygen atoms in total. The molecule has 2 atom stereocenters. The Morgan fingerprint density at radius 3 is 3.20 bits per heavy atom. The minimum absolute atomic E-state index is 0.0334. The van der Waals surface area contributed by atoms with E-state index in [-0.39, 0.29) is 12.5 Å². The summed E-state index contributed by atoms with van der Waals surface area (Å²) in [5.74, 6) is 2.11. The Bertz CT molecular complexity index is 305. The molecule has 2 rings (SSSR count). The highest BCUT2D eigenvalue weighted by Crippen LogP contribution is 2.21. The third-order valence-corrected chi connectivity index (χ3v) is 2.82. The van der Waals surface area contributed by atoms with Gasteiger partial charge in [0.25, 0.3) is 0 Å². The third-order valence-electron chi connectivity index (χ3n) is 2.82. The number of aliphatic hydroxyl groups excluding tert-OH is 1. The average Bonchev–Trinajstić information content (AvgIpc) is 2.88. The van der Waals surface area contributed by atoms with Gasteiger partial charge in [-0.2, -0.15) is 0 Å². The van der Waals surface area contributed by atoms with Crippen LogP contribution in [0.15, 0.2) is 10.6 Å². The maximum Gasteiger partial charge on any atom is 0.194 e. The number of oxazole rings is 1. The minimum Gasteiger partial charge on any atom is -0.445 e. The van der Waals surface area contributed by atoms with E-state index < -0.39 is 0 Å². The van der Waals surface area contributed by atoms with E-state index in [0.717, 1.165) is 37.7 Å². The lowest BCUT2D eigenvalue weighted by molar-refractivity contribution is 0.184. The largest absolute Gasteiger partial charge is 0.445 e. The molecular formula is C11H17NO3. The van der Waals surface area contributed by atoms with Crippen LogP contribution in [-0.2, 0) is 11.2 Å². The molecule has 1 saturated heterocycles. The van der Waals surface area contributed by atoms with Crippen LogP contribution < -0.4 is 0 Å². The van der Waals surface area contributed by atoms with E-state index in [1.165, 1.54) is 0 Å². The van der Waals surface area contributed by atoms with Gasteiger partial charge in [0.1, 0.15) is 5.76 Å². The number of nitrogens with zero attached hydrogens (tertiary/aromatic N) is 1. The monoisotopic (exact) mass is 211 g/mol. The summed E-state index contributed by atoms with van der Waals surface area (Å²) in [6.45, 7) is 3.68. The zero-order chi connectivity index (χ0) is 10.7. The van der Waals surface area contributed by atoms with Gasteiger partial charge in [0.2, 0.25) is 0 Å². The average molecular weight is 211 g/mol. The Morgan fingerprint density at radius 2 is 2.53 bits per heavy atom. The number of rotatable bonds is 4. The fourth-order valence-electron chi connectivity index (χ4n) is 1.73. The molecule has 1 aromatic rings. The Labute approximate surface area is 89.3 Å². The number of aromatic nitrogens is 1. The van der Waals surface area contributed by atoms with E-state index >= 15 is 0 Å². The van der Waals surface area contributed by atoms with Gasteiger partial charge in [0.15, 0.2) is 5.89 Å². The molecule has 15 heavy (non-hydrogen) atoms. The lowest BCUT2D eigenvalue weighted by Crippen LogP contribution is -2.03. The fourth-order valence-corrected chi connectivity index (χ4v) is 1.73. The second-order valence-electron chi connectivity index (χ2n) is 4.17. The van der Waals surface area contributed by atoms with E-state index in [9.17, 15) is 0 Å². The third kappa shape index (κ3) is 2.58. The molecule has 0 radical (unpaired) electrons. The van der Waals surface area contributed by atoms with Crippen LogP contribution in [0.3, 0.4) is 0 Å². The Morgan fingerprint density at radius 1 is 1.67 bits per heavy atom. The molecule has 0 saturated carbocycles. The van der Waals surface area contributed by atoms with Crippen LogP contribution in [-0.4, -0.2) is 29.9 Å². The summed E-state index contributed by atoms with van der Waals surface area (Å²) in [6, 6.07) is 0. The van der Waals surface area contributed by atoms with Gasteiger partial charge >= 0.3 is 0 Å². The van der Waals surface area contributed by atoms with Crippen LogP contribution in [0, 0.1) is 5.92 Å². The van der Waals surface area contributed by atoms with E-state index in [2.05, 4.69) is 4.98 Å². The van der Waals surface area contributed by atoms with Crippen molar-refractivity contribution in [3.8, 4) is 0 Å². The quantitative estimate of drug-likeness (QED) is 0.816. The molecule has 1 aliphatic rings. The molecule has 0 spiro atoms. The SMILES string of the molecule is CC(CO)c1cnc(CC2CCOC2)o1. The summed E-state index contributed by atoms with van der Waals surface area (Å²) in [7, 11) is 0. The smallest absolute Gasteiger partial charge is 0.194 e. The van der Waals surface area contributed by atoms with Crippen LogP contribution in [0.2, 0.25) is 0 Å². The number of ether oxygens (including phenoxy) is 1. The topological polar surface area (TPSA) is 55.5 Å². The van der Waals surface area contributed by atoms with Crippen molar-refractivity contribution in [3.05, 3.63) is 17.8 Å².